The van der Waals surface area contributed by atoms with Gasteiger partial charge in [-0.3, -0.25) is 10.1 Å². The van der Waals surface area contributed by atoms with Crippen molar-refractivity contribution in [2.24, 2.45) is 0 Å². The number of nitrogens with one attached hydrogen (secondary N) is 2. The number of hydrogen-bond acceptors (Lipinski definition) is 6. The van der Waals surface area contributed by atoms with Crippen molar-refractivity contribution in [3.8, 4) is 10.6 Å². The van der Waals surface area contributed by atoms with Crippen LogP contribution in [0.15, 0.2) is 59.5 Å². The van der Waals surface area contributed by atoms with E-state index in [1.54, 1.807) is 12.1 Å². The molecule has 1 aromatic heterocycles. The average Bonchev–Trinajstić information content (AvgIpc) is 3.16. The van der Waals surface area contributed by atoms with Gasteiger partial charge in [-0.1, -0.05) is 53.8 Å². The van der Waals surface area contributed by atoms with Crippen LogP contribution < -0.4 is 10.0 Å². The molecule has 1 atom stereocenters. The van der Waals surface area contributed by atoms with Crippen molar-refractivity contribution in [1.29, 1.82) is 0 Å². The van der Waals surface area contributed by atoms with Crippen molar-refractivity contribution >= 4 is 32.4 Å². The summed E-state index contributed by atoms with van der Waals surface area (Å²) >= 11 is 1.07. The first-order chi connectivity index (χ1) is 14.1. The van der Waals surface area contributed by atoms with Crippen molar-refractivity contribution in [3.63, 3.8) is 0 Å². The molecule has 0 saturated heterocycles. The molecule has 2 N–H and O–H groups in total. The predicted molar refractivity (Wildman–Crippen MR) is 105 cm³/mol. The molecule has 0 aliphatic rings. The van der Waals surface area contributed by atoms with Crippen LogP contribution in [0.5, 0.6) is 0 Å². The van der Waals surface area contributed by atoms with Crippen LogP contribution >= 0.6 is 11.3 Å². The summed E-state index contributed by atoms with van der Waals surface area (Å²) in [4.78, 5) is 11.4. The van der Waals surface area contributed by atoms with Crippen molar-refractivity contribution in [2.75, 3.05) is 5.32 Å². The van der Waals surface area contributed by atoms with E-state index in [9.17, 15) is 26.4 Å². The van der Waals surface area contributed by atoms with E-state index in [0.29, 0.717) is 11.1 Å². The Morgan fingerprint density at radius 3 is 2.33 bits per heavy atom. The van der Waals surface area contributed by atoms with Crippen LogP contribution in [0.3, 0.4) is 0 Å². The fourth-order valence-electron chi connectivity index (χ4n) is 2.47. The van der Waals surface area contributed by atoms with Crippen LogP contribution in [0.1, 0.15) is 12.5 Å². The number of sulfonamides is 1. The summed E-state index contributed by atoms with van der Waals surface area (Å²) in [5, 5.41) is 10.8. The number of benzene rings is 2. The number of carbonyl (C=O) groups is 1. The fourth-order valence-corrected chi connectivity index (χ4v) is 4.65. The molecule has 7 nitrogen and oxygen atoms in total. The lowest BCUT2D eigenvalue weighted by Gasteiger charge is -2.16. The topological polar surface area (TPSA) is 101 Å². The molecule has 0 aliphatic heterocycles. The standard InChI is InChI=1S/C18H15F3N4O3S2/c1-11(25-30(27,28)14-10-6-5-9-13(14)18(19,20)21)15(26)22-17-24-23-16(29-17)12-7-3-2-4-8-12/h2-11,25H,1H3,(H,22,24,26)/t11-/m0/s1. The predicted octanol–water partition coefficient (Wildman–Crippen LogP) is 3.53. The summed E-state index contributed by atoms with van der Waals surface area (Å²) in [6.07, 6.45) is -4.86. The Balaban J connectivity index is 1.73. The number of halogens is 3. The zero-order valence-corrected chi connectivity index (χ0v) is 17.0. The molecule has 0 saturated carbocycles. The van der Waals surface area contributed by atoms with Gasteiger partial charge in [0.25, 0.3) is 0 Å². The van der Waals surface area contributed by atoms with Gasteiger partial charge >= 0.3 is 6.18 Å². The summed E-state index contributed by atoms with van der Waals surface area (Å²) in [7, 11) is -4.61. The Morgan fingerprint density at radius 1 is 1.03 bits per heavy atom. The van der Waals surface area contributed by atoms with Gasteiger partial charge in [-0.15, -0.1) is 10.2 Å². The summed E-state index contributed by atoms with van der Waals surface area (Å²) < 4.78 is 66.2. The second-order valence-electron chi connectivity index (χ2n) is 6.10. The van der Waals surface area contributed by atoms with Gasteiger partial charge in [0, 0.05) is 5.56 Å². The molecular formula is C18H15F3N4O3S2. The third-order valence-corrected chi connectivity index (χ3v) is 6.37. The quantitative estimate of drug-likeness (QED) is 0.591. The molecule has 0 radical (unpaired) electrons. The number of nitrogens with zero attached hydrogens (tertiary/aromatic N) is 2. The van der Waals surface area contributed by atoms with Gasteiger partial charge in [-0.05, 0) is 19.1 Å². The first kappa shape index (κ1) is 21.9. The fraction of sp³-hybridized carbons (Fsp3) is 0.167. The normalized spacial score (nSPS) is 13.1. The summed E-state index contributed by atoms with van der Waals surface area (Å²) in [5.74, 6) is -0.793. The SMILES string of the molecule is C[C@H](NS(=O)(=O)c1ccccc1C(F)(F)F)C(=O)Nc1nnc(-c2ccccc2)s1. The van der Waals surface area contributed by atoms with Crippen molar-refractivity contribution in [2.45, 2.75) is 24.0 Å². The molecule has 30 heavy (non-hydrogen) atoms. The van der Waals surface area contributed by atoms with Crippen molar-refractivity contribution < 1.29 is 26.4 Å². The number of alkyl halides is 3. The van der Waals surface area contributed by atoms with E-state index in [1.807, 2.05) is 22.9 Å². The van der Waals surface area contributed by atoms with Crippen LogP contribution in [-0.4, -0.2) is 30.6 Å². The first-order valence-corrected chi connectivity index (χ1v) is 10.8. The van der Waals surface area contributed by atoms with Gasteiger partial charge < -0.3 is 0 Å². The van der Waals surface area contributed by atoms with Crippen LogP contribution in [0, 0.1) is 0 Å². The van der Waals surface area contributed by atoms with E-state index in [0.717, 1.165) is 29.0 Å². The lowest BCUT2D eigenvalue weighted by atomic mass is 10.2. The summed E-state index contributed by atoms with van der Waals surface area (Å²) in [6, 6.07) is 11.4. The van der Waals surface area contributed by atoms with Gasteiger partial charge in [-0.2, -0.15) is 17.9 Å². The maximum Gasteiger partial charge on any atom is 0.417 e. The minimum absolute atomic E-state index is 0.126. The molecule has 12 heteroatoms. The smallest absolute Gasteiger partial charge is 0.299 e. The molecule has 3 aromatic rings. The third-order valence-electron chi connectivity index (χ3n) is 3.88. The average molecular weight is 456 g/mol. The van der Waals surface area contributed by atoms with Crippen LogP contribution in [-0.2, 0) is 21.0 Å². The van der Waals surface area contributed by atoms with Crippen LogP contribution in [0.25, 0.3) is 10.6 Å². The van der Waals surface area contributed by atoms with Crippen molar-refractivity contribution in [1.82, 2.24) is 14.9 Å². The Bertz CT molecular complexity index is 1150. The van der Waals surface area contributed by atoms with Gasteiger partial charge in [0.15, 0.2) is 0 Å². The molecule has 0 bridgehead atoms. The molecular weight excluding hydrogens is 441 g/mol. The second-order valence-corrected chi connectivity index (χ2v) is 8.76. The van der Waals surface area contributed by atoms with E-state index in [1.165, 1.54) is 13.0 Å². The maximum atomic E-state index is 13.1. The largest absolute Gasteiger partial charge is 0.417 e. The van der Waals surface area contributed by atoms with Gasteiger partial charge in [-0.25, -0.2) is 8.42 Å². The highest BCUT2D eigenvalue weighted by Gasteiger charge is 2.37. The second kappa shape index (κ2) is 8.50. The van der Waals surface area contributed by atoms with Gasteiger partial charge in [0.2, 0.25) is 21.1 Å². The number of anilines is 1. The highest BCUT2D eigenvalue weighted by molar-refractivity contribution is 7.89. The first-order valence-electron chi connectivity index (χ1n) is 8.46. The number of rotatable bonds is 6. The van der Waals surface area contributed by atoms with E-state index in [4.69, 9.17) is 0 Å². The summed E-state index contributed by atoms with van der Waals surface area (Å²) in [6.45, 7) is 1.21. The number of aromatic nitrogens is 2. The minimum Gasteiger partial charge on any atom is -0.299 e. The molecule has 2 aromatic carbocycles. The number of amides is 1. The Hall–Kier alpha value is -2.83. The highest BCUT2D eigenvalue weighted by atomic mass is 32.2. The van der Waals surface area contributed by atoms with Gasteiger partial charge in [0.1, 0.15) is 5.01 Å². The molecule has 158 valence electrons. The van der Waals surface area contributed by atoms with Crippen molar-refractivity contribution in [3.05, 3.63) is 60.2 Å². The monoisotopic (exact) mass is 456 g/mol. The van der Waals surface area contributed by atoms with E-state index < -0.39 is 38.6 Å². The summed E-state index contributed by atoms with van der Waals surface area (Å²) in [5.41, 5.74) is -0.533. The molecule has 0 aliphatic carbocycles. The maximum absolute atomic E-state index is 13.1. The Morgan fingerprint density at radius 2 is 1.67 bits per heavy atom. The lowest BCUT2D eigenvalue weighted by molar-refractivity contribution is -0.139. The van der Waals surface area contributed by atoms with Crippen LogP contribution in [0.2, 0.25) is 0 Å². The van der Waals surface area contributed by atoms with E-state index in [2.05, 4.69) is 15.5 Å². The molecule has 0 spiro atoms. The van der Waals surface area contributed by atoms with Crippen LogP contribution in [0.4, 0.5) is 18.3 Å². The molecule has 1 heterocycles. The lowest BCUT2D eigenvalue weighted by Crippen LogP contribution is -2.42. The van der Waals surface area contributed by atoms with E-state index >= 15 is 0 Å². The molecule has 1 amide bonds. The minimum atomic E-state index is -4.86. The number of hydrogen-bond donors (Lipinski definition) is 2. The molecule has 0 fully saturated rings. The molecule has 0 unspecified atom stereocenters. The Labute approximate surface area is 174 Å². The third kappa shape index (κ3) is 5.01. The highest BCUT2D eigenvalue weighted by Crippen LogP contribution is 2.34. The molecule has 3 rings (SSSR count). The zero-order valence-electron chi connectivity index (χ0n) is 15.3. The van der Waals surface area contributed by atoms with E-state index in [-0.39, 0.29) is 5.13 Å². The Kier molecular flexibility index (Phi) is 6.19. The van der Waals surface area contributed by atoms with Gasteiger partial charge in [0.05, 0.1) is 16.5 Å². The zero-order chi connectivity index (χ0) is 21.9. The number of carbonyl (C=O) groups excluding carboxylic acids is 1.